The van der Waals surface area contributed by atoms with E-state index < -0.39 is 10.8 Å². The Morgan fingerprint density at radius 2 is 1.93 bits per heavy atom. The third kappa shape index (κ3) is 4.45. The minimum absolute atomic E-state index is 0.188. The summed E-state index contributed by atoms with van der Waals surface area (Å²) in [6.07, 6.45) is 0. The number of benzene rings is 2. The van der Waals surface area contributed by atoms with Crippen molar-refractivity contribution in [1.29, 1.82) is 0 Å². The molecule has 8 nitrogen and oxygen atoms in total. The Morgan fingerprint density at radius 3 is 2.55 bits per heavy atom. The number of anilines is 1. The Kier molecular flexibility index (Phi) is 5.69. The number of aromatic nitrogens is 2. The number of aryl methyl sites for hydroxylation is 3. The summed E-state index contributed by atoms with van der Waals surface area (Å²) in [5.41, 5.74) is 2.90. The predicted octanol–water partition coefficient (Wildman–Crippen LogP) is 5.06. The second-order valence-corrected chi connectivity index (χ2v) is 7.46. The number of hydrogen-bond donors (Lipinski definition) is 1. The lowest BCUT2D eigenvalue weighted by Crippen LogP contribution is -2.14. The van der Waals surface area contributed by atoms with Crippen molar-refractivity contribution in [3.8, 4) is 11.5 Å². The monoisotopic (exact) mass is 458 g/mol. The largest absolute Gasteiger partial charge is 0.457 e. The number of nitro benzene ring substituents is 1. The zero-order chi connectivity index (χ0) is 21.3. The molecule has 0 aliphatic rings. The molecule has 0 unspecified atom stereocenters. The van der Waals surface area contributed by atoms with Gasteiger partial charge in [-0.1, -0.05) is 12.1 Å². The van der Waals surface area contributed by atoms with Crippen LogP contribution in [-0.2, 0) is 7.05 Å². The van der Waals surface area contributed by atoms with Crippen LogP contribution in [0.2, 0.25) is 0 Å². The SMILES string of the molecule is Cc1ccc(C)c(Oc2cc(NC(=O)c3nn(C)c(C)c3Br)cc([N+](=O)[O-])c2)c1. The van der Waals surface area contributed by atoms with Gasteiger partial charge in [-0.2, -0.15) is 5.10 Å². The smallest absolute Gasteiger partial charge is 0.277 e. The summed E-state index contributed by atoms with van der Waals surface area (Å²) in [5.74, 6) is 0.351. The highest BCUT2D eigenvalue weighted by Crippen LogP contribution is 2.32. The van der Waals surface area contributed by atoms with Gasteiger partial charge in [-0.25, -0.2) is 0 Å². The van der Waals surface area contributed by atoms with E-state index in [9.17, 15) is 14.9 Å². The molecule has 0 aliphatic carbocycles. The van der Waals surface area contributed by atoms with Crippen LogP contribution in [0.1, 0.15) is 27.3 Å². The highest BCUT2D eigenvalue weighted by molar-refractivity contribution is 9.10. The second-order valence-electron chi connectivity index (χ2n) is 6.67. The number of halogens is 1. The van der Waals surface area contributed by atoms with Crippen molar-refractivity contribution >= 4 is 33.2 Å². The van der Waals surface area contributed by atoms with E-state index in [0.717, 1.165) is 16.8 Å². The van der Waals surface area contributed by atoms with Gasteiger partial charge in [-0.15, -0.1) is 0 Å². The van der Waals surface area contributed by atoms with Crippen LogP contribution in [-0.4, -0.2) is 20.6 Å². The third-order valence-electron chi connectivity index (χ3n) is 4.41. The molecule has 150 valence electrons. The molecule has 29 heavy (non-hydrogen) atoms. The Labute approximate surface area is 175 Å². The van der Waals surface area contributed by atoms with Gasteiger partial charge in [0.2, 0.25) is 0 Å². The first kappa shape index (κ1) is 20.5. The summed E-state index contributed by atoms with van der Waals surface area (Å²) in [6.45, 7) is 5.63. The van der Waals surface area contributed by atoms with Gasteiger partial charge in [-0.3, -0.25) is 19.6 Å². The van der Waals surface area contributed by atoms with Gasteiger partial charge in [0, 0.05) is 19.2 Å². The fourth-order valence-corrected chi connectivity index (χ4v) is 3.20. The van der Waals surface area contributed by atoms with Crippen molar-refractivity contribution in [2.75, 3.05) is 5.32 Å². The molecule has 0 fully saturated rings. The van der Waals surface area contributed by atoms with Crippen LogP contribution in [0.4, 0.5) is 11.4 Å². The van der Waals surface area contributed by atoms with Crippen LogP contribution in [0.15, 0.2) is 40.9 Å². The number of ether oxygens (including phenoxy) is 1. The van der Waals surface area contributed by atoms with Crippen LogP contribution in [0.5, 0.6) is 11.5 Å². The van der Waals surface area contributed by atoms with E-state index in [4.69, 9.17) is 4.74 Å². The van der Waals surface area contributed by atoms with E-state index in [1.54, 1.807) is 11.7 Å². The fourth-order valence-electron chi connectivity index (χ4n) is 2.68. The summed E-state index contributed by atoms with van der Waals surface area (Å²) in [4.78, 5) is 23.4. The standard InChI is InChI=1S/C20H19BrN4O4/c1-11-5-6-12(2)17(7-11)29-16-9-14(8-15(10-16)25(27)28)22-20(26)19-18(21)13(3)24(4)23-19/h5-10H,1-4H3,(H,22,26). The fraction of sp³-hybridized carbons (Fsp3) is 0.200. The number of carbonyl (C=O) groups excluding carboxylic acids is 1. The number of amides is 1. The topological polar surface area (TPSA) is 99.3 Å². The van der Waals surface area contributed by atoms with E-state index in [1.807, 2.05) is 39.0 Å². The zero-order valence-corrected chi connectivity index (χ0v) is 17.9. The van der Waals surface area contributed by atoms with Crippen LogP contribution in [0.3, 0.4) is 0 Å². The van der Waals surface area contributed by atoms with E-state index >= 15 is 0 Å². The molecule has 0 aliphatic heterocycles. The minimum Gasteiger partial charge on any atom is -0.457 e. The van der Waals surface area contributed by atoms with Gasteiger partial charge in [0.15, 0.2) is 5.69 Å². The highest BCUT2D eigenvalue weighted by atomic mass is 79.9. The summed E-state index contributed by atoms with van der Waals surface area (Å²) < 4.78 is 8.01. The second kappa shape index (κ2) is 8.04. The van der Waals surface area contributed by atoms with Gasteiger partial charge < -0.3 is 10.1 Å². The Bertz CT molecular complexity index is 1120. The lowest BCUT2D eigenvalue weighted by atomic mass is 10.1. The summed E-state index contributed by atoms with van der Waals surface area (Å²) in [7, 11) is 1.72. The summed E-state index contributed by atoms with van der Waals surface area (Å²) in [6, 6.07) is 9.84. The van der Waals surface area contributed by atoms with Crippen molar-refractivity contribution in [3.63, 3.8) is 0 Å². The van der Waals surface area contributed by atoms with Gasteiger partial charge in [0.05, 0.1) is 26.8 Å². The number of rotatable bonds is 5. The van der Waals surface area contributed by atoms with Crippen LogP contribution < -0.4 is 10.1 Å². The summed E-state index contributed by atoms with van der Waals surface area (Å²) in [5, 5.41) is 18.2. The maximum Gasteiger partial charge on any atom is 0.277 e. The average Bonchev–Trinajstić information content (AvgIpc) is 2.92. The average molecular weight is 459 g/mol. The third-order valence-corrected chi connectivity index (χ3v) is 5.36. The van der Waals surface area contributed by atoms with Crippen molar-refractivity contribution in [1.82, 2.24) is 9.78 Å². The van der Waals surface area contributed by atoms with Gasteiger partial charge >= 0.3 is 0 Å². The predicted molar refractivity (Wildman–Crippen MR) is 113 cm³/mol. The molecule has 2 aromatic carbocycles. The molecule has 1 N–H and O–H groups in total. The van der Waals surface area contributed by atoms with E-state index in [2.05, 4.69) is 26.3 Å². The van der Waals surface area contributed by atoms with Crippen molar-refractivity contribution < 1.29 is 14.5 Å². The van der Waals surface area contributed by atoms with Crippen molar-refractivity contribution in [3.05, 3.63) is 73.5 Å². The number of carbonyl (C=O) groups is 1. The molecule has 0 atom stereocenters. The molecule has 0 bridgehead atoms. The first-order chi connectivity index (χ1) is 13.7. The van der Waals surface area contributed by atoms with Crippen LogP contribution >= 0.6 is 15.9 Å². The van der Waals surface area contributed by atoms with Crippen LogP contribution in [0, 0.1) is 30.9 Å². The molecule has 0 saturated heterocycles. The van der Waals surface area contributed by atoms with Gasteiger partial charge in [-0.05, 0) is 53.9 Å². The Hall–Kier alpha value is -3.20. The maximum absolute atomic E-state index is 12.6. The summed E-state index contributed by atoms with van der Waals surface area (Å²) >= 11 is 3.35. The van der Waals surface area contributed by atoms with Crippen LogP contribution in [0.25, 0.3) is 0 Å². The molecule has 1 amide bonds. The molecule has 1 aromatic heterocycles. The first-order valence-corrected chi connectivity index (χ1v) is 9.50. The van der Waals surface area contributed by atoms with Crippen molar-refractivity contribution in [2.24, 2.45) is 7.05 Å². The number of nitrogens with zero attached hydrogens (tertiary/aromatic N) is 3. The highest BCUT2D eigenvalue weighted by Gasteiger charge is 2.20. The van der Waals surface area contributed by atoms with Gasteiger partial charge in [0.25, 0.3) is 11.6 Å². The van der Waals surface area contributed by atoms with E-state index in [-0.39, 0.29) is 22.8 Å². The molecular weight excluding hydrogens is 440 g/mol. The maximum atomic E-state index is 12.6. The Morgan fingerprint density at radius 1 is 1.21 bits per heavy atom. The van der Waals surface area contributed by atoms with E-state index in [1.165, 1.54) is 18.2 Å². The molecule has 0 spiro atoms. The molecular formula is C20H19BrN4O4. The molecule has 0 saturated carbocycles. The number of nitro groups is 1. The molecule has 9 heteroatoms. The Balaban J connectivity index is 1.94. The quantitative estimate of drug-likeness (QED) is 0.425. The lowest BCUT2D eigenvalue weighted by molar-refractivity contribution is -0.384. The normalized spacial score (nSPS) is 10.7. The molecule has 0 radical (unpaired) electrons. The number of non-ortho nitro benzene ring substituents is 1. The van der Waals surface area contributed by atoms with Gasteiger partial charge in [0.1, 0.15) is 11.5 Å². The first-order valence-electron chi connectivity index (χ1n) is 8.70. The zero-order valence-electron chi connectivity index (χ0n) is 16.3. The lowest BCUT2D eigenvalue weighted by Gasteiger charge is -2.11. The van der Waals surface area contributed by atoms with Crippen molar-refractivity contribution in [2.45, 2.75) is 20.8 Å². The molecule has 1 heterocycles. The number of hydrogen-bond acceptors (Lipinski definition) is 5. The molecule has 3 rings (SSSR count). The van der Waals surface area contributed by atoms with E-state index in [0.29, 0.717) is 10.2 Å². The number of nitrogens with one attached hydrogen (secondary N) is 1. The molecule has 3 aromatic rings. The minimum atomic E-state index is -0.535.